The number of amidine groups is 1. The maximum absolute atomic E-state index is 7.54. The molecule has 1 aliphatic rings. The van der Waals surface area contributed by atoms with E-state index in [2.05, 4.69) is 13.8 Å². The molecule has 2 rings (SSSR count). The van der Waals surface area contributed by atoms with Crippen molar-refractivity contribution in [1.29, 1.82) is 5.41 Å². The lowest BCUT2D eigenvalue weighted by molar-refractivity contribution is -0.00977. The first-order chi connectivity index (χ1) is 9.99. The van der Waals surface area contributed by atoms with Crippen molar-refractivity contribution in [2.75, 3.05) is 7.11 Å². The van der Waals surface area contributed by atoms with Crippen LogP contribution in [0.4, 0.5) is 0 Å². The molecule has 2 atom stereocenters. The van der Waals surface area contributed by atoms with Crippen LogP contribution in [0.2, 0.25) is 0 Å². The second-order valence-corrected chi connectivity index (χ2v) is 6.29. The van der Waals surface area contributed by atoms with Crippen molar-refractivity contribution in [3.63, 3.8) is 0 Å². The van der Waals surface area contributed by atoms with Crippen molar-refractivity contribution in [2.45, 2.75) is 45.8 Å². The van der Waals surface area contributed by atoms with Crippen molar-refractivity contribution in [3.05, 3.63) is 29.3 Å². The number of hydrogen-bond donors (Lipinski definition) is 2. The highest BCUT2D eigenvalue weighted by molar-refractivity contribution is 5.95. The SMILES string of the molecule is COc1ccc(C(=N)N)cc1COC1CC(C)CC(C)C1. The van der Waals surface area contributed by atoms with Gasteiger partial charge in [-0.05, 0) is 49.3 Å². The first-order valence-electron chi connectivity index (χ1n) is 7.62. The number of nitrogens with two attached hydrogens (primary N) is 1. The Kier molecular flexibility index (Phi) is 5.23. The first-order valence-corrected chi connectivity index (χ1v) is 7.62. The topological polar surface area (TPSA) is 68.3 Å². The Bertz CT molecular complexity index is 492. The molecular formula is C17H26N2O2. The van der Waals surface area contributed by atoms with Crippen LogP contribution in [0.15, 0.2) is 18.2 Å². The van der Waals surface area contributed by atoms with Crippen molar-refractivity contribution in [2.24, 2.45) is 17.6 Å². The van der Waals surface area contributed by atoms with Crippen LogP contribution in [0.3, 0.4) is 0 Å². The zero-order chi connectivity index (χ0) is 15.4. The highest BCUT2D eigenvalue weighted by atomic mass is 16.5. The minimum absolute atomic E-state index is 0.0683. The Morgan fingerprint density at radius 1 is 1.24 bits per heavy atom. The molecule has 4 heteroatoms. The summed E-state index contributed by atoms with van der Waals surface area (Å²) in [4.78, 5) is 0. The van der Waals surface area contributed by atoms with Gasteiger partial charge in [0.05, 0.1) is 19.8 Å². The number of nitrogens with one attached hydrogen (secondary N) is 1. The Labute approximate surface area is 127 Å². The molecular weight excluding hydrogens is 264 g/mol. The molecule has 0 spiro atoms. The Hall–Kier alpha value is -1.55. The summed E-state index contributed by atoms with van der Waals surface area (Å²) in [5.41, 5.74) is 7.21. The van der Waals surface area contributed by atoms with E-state index in [1.165, 1.54) is 6.42 Å². The van der Waals surface area contributed by atoms with Crippen molar-refractivity contribution < 1.29 is 9.47 Å². The van der Waals surface area contributed by atoms with Gasteiger partial charge in [0.25, 0.3) is 0 Å². The molecule has 1 aromatic rings. The summed E-state index contributed by atoms with van der Waals surface area (Å²) >= 11 is 0. The van der Waals surface area contributed by atoms with E-state index in [1.807, 2.05) is 12.1 Å². The fourth-order valence-electron chi connectivity index (χ4n) is 3.28. The summed E-state index contributed by atoms with van der Waals surface area (Å²) in [6.45, 7) is 5.10. The van der Waals surface area contributed by atoms with Crippen molar-refractivity contribution in [1.82, 2.24) is 0 Å². The molecule has 4 nitrogen and oxygen atoms in total. The molecule has 0 bridgehead atoms. The van der Waals surface area contributed by atoms with E-state index in [0.29, 0.717) is 18.3 Å². The molecule has 0 heterocycles. The normalized spacial score (nSPS) is 25.6. The highest BCUT2D eigenvalue weighted by Crippen LogP contribution is 2.31. The summed E-state index contributed by atoms with van der Waals surface area (Å²) in [5, 5.41) is 7.54. The fraction of sp³-hybridized carbons (Fsp3) is 0.588. The molecule has 1 aromatic carbocycles. The zero-order valence-corrected chi connectivity index (χ0v) is 13.2. The van der Waals surface area contributed by atoms with Crippen molar-refractivity contribution >= 4 is 5.84 Å². The number of nitrogen functional groups attached to an aromatic ring is 1. The maximum Gasteiger partial charge on any atom is 0.124 e. The second-order valence-electron chi connectivity index (χ2n) is 6.29. The smallest absolute Gasteiger partial charge is 0.124 e. The number of methoxy groups -OCH3 is 1. The lowest BCUT2D eigenvalue weighted by atomic mass is 9.82. The third kappa shape index (κ3) is 4.21. The van der Waals surface area contributed by atoms with Gasteiger partial charge in [-0.1, -0.05) is 13.8 Å². The van der Waals surface area contributed by atoms with Gasteiger partial charge in [0.2, 0.25) is 0 Å². The zero-order valence-electron chi connectivity index (χ0n) is 13.2. The van der Waals surface area contributed by atoms with E-state index in [0.717, 1.165) is 36.0 Å². The number of benzene rings is 1. The quantitative estimate of drug-likeness (QED) is 0.645. The lowest BCUT2D eigenvalue weighted by Crippen LogP contribution is -2.26. The standard InChI is InChI=1S/C17H26N2O2/c1-11-6-12(2)8-15(7-11)21-10-14-9-13(17(18)19)4-5-16(14)20-3/h4-5,9,11-12,15H,6-8,10H2,1-3H3,(H3,18,19). The number of rotatable bonds is 5. The molecule has 0 aliphatic heterocycles. The number of ether oxygens (including phenoxy) is 2. The van der Waals surface area contributed by atoms with Crippen LogP contribution in [0.25, 0.3) is 0 Å². The van der Waals surface area contributed by atoms with E-state index in [1.54, 1.807) is 13.2 Å². The molecule has 0 amide bonds. The minimum atomic E-state index is 0.0683. The molecule has 0 aromatic heterocycles. The van der Waals surface area contributed by atoms with Crippen LogP contribution in [-0.4, -0.2) is 19.0 Å². The van der Waals surface area contributed by atoms with Crippen LogP contribution >= 0.6 is 0 Å². The molecule has 21 heavy (non-hydrogen) atoms. The third-order valence-corrected chi connectivity index (χ3v) is 4.20. The predicted molar refractivity (Wildman–Crippen MR) is 84.8 cm³/mol. The molecule has 0 radical (unpaired) electrons. The van der Waals surface area contributed by atoms with Gasteiger partial charge in [0.1, 0.15) is 11.6 Å². The Balaban J connectivity index is 2.04. The van der Waals surface area contributed by atoms with Crippen LogP contribution in [0, 0.1) is 17.2 Å². The monoisotopic (exact) mass is 290 g/mol. The summed E-state index contributed by atoms with van der Waals surface area (Å²) in [7, 11) is 1.65. The average Bonchev–Trinajstić information content (AvgIpc) is 2.43. The summed E-state index contributed by atoms with van der Waals surface area (Å²) in [5.74, 6) is 2.31. The fourth-order valence-corrected chi connectivity index (χ4v) is 3.28. The van der Waals surface area contributed by atoms with Gasteiger partial charge >= 0.3 is 0 Å². The highest BCUT2D eigenvalue weighted by Gasteiger charge is 2.24. The molecule has 116 valence electrons. The largest absolute Gasteiger partial charge is 0.496 e. The molecule has 3 N–H and O–H groups in total. The summed E-state index contributed by atoms with van der Waals surface area (Å²) < 4.78 is 11.5. The van der Waals surface area contributed by atoms with Gasteiger partial charge in [-0.25, -0.2) is 0 Å². The van der Waals surface area contributed by atoms with Crippen molar-refractivity contribution in [3.8, 4) is 5.75 Å². The van der Waals surface area contributed by atoms with Crippen LogP contribution < -0.4 is 10.5 Å². The van der Waals surface area contributed by atoms with E-state index in [9.17, 15) is 0 Å². The van der Waals surface area contributed by atoms with E-state index in [-0.39, 0.29) is 5.84 Å². The molecule has 2 unspecified atom stereocenters. The second kappa shape index (κ2) is 6.94. The predicted octanol–water partition coefficient (Wildman–Crippen LogP) is 3.32. The number of hydrogen-bond acceptors (Lipinski definition) is 3. The molecule has 1 aliphatic carbocycles. The van der Waals surface area contributed by atoms with Gasteiger partial charge < -0.3 is 15.2 Å². The average molecular weight is 290 g/mol. The molecule has 1 saturated carbocycles. The van der Waals surface area contributed by atoms with Gasteiger partial charge in [-0.15, -0.1) is 0 Å². The van der Waals surface area contributed by atoms with E-state index >= 15 is 0 Å². The lowest BCUT2D eigenvalue weighted by Gasteiger charge is -2.31. The first kappa shape index (κ1) is 15.8. The Morgan fingerprint density at radius 3 is 2.48 bits per heavy atom. The summed E-state index contributed by atoms with van der Waals surface area (Å²) in [6.07, 6.45) is 3.86. The summed E-state index contributed by atoms with van der Waals surface area (Å²) in [6, 6.07) is 5.54. The third-order valence-electron chi connectivity index (χ3n) is 4.20. The van der Waals surface area contributed by atoms with Crippen LogP contribution in [0.1, 0.15) is 44.2 Å². The van der Waals surface area contributed by atoms with Crippen LogP contribution in [-0.2, 0) is 11.3 Å². The molecule has 0 saturated heterocycles. The van der Waals surface area contributed by atoms with E-state index in [4.69, 9.17) is 20.6 Å². The minimum Gasteiger partial charge on any atom is -0.496 e. The van der Waals surface area contributed by atoms with E-state index < -0.39 is 0 Å². The van der Waals surface area contributed by atoms with Gasteiger partial charge in [-0.2, -0.15) is 0 Å². The molecule has 1 fully saturated rings. The van der Waals surface area contributed by atoms with Gasteiger partial charge in [0, 0.05) is 11.1 Å². The maximum atomic E-state index is 7.54. The van der Waals surface area contributed by atoms with Crippen LogP contribution in [0.5, 0.6) is 5.75 Å². The van der Waals surface area contributed by atoms with Gasteiger partial charge in [-0.3, -0.25) is 5.41 Å². The Morgan fingerprint density at radius 2 is 1.90 bits per heavy atom. The van der Waals surface area contributed by atoms with Gasteiger partial charge in [0.15, 0.2) is 0 Å².